The molecule has 0 aliphatic rings. The van der Waals surface area contributed by atoms with Gasteiger partial charge in [0.25, 0.3) is 5.91 Å². The number of nitrogens with one attached hydrogen (secondary N) is 1. The Hall–Kier alpha value is -1.43. The van der Waals surface area contributed by atoms with Gasteiger partial charge in [-0.15, -0.1) is 0 Å². The number of likely N-dealkylation sites (N-methyl/N-ethyl adjacent to an activating group) is 1. The summed E-state index contributed by atoms with van der Waals surface area (Å²) in [6.45, 7) is 2.16. The van der Waals surface area contributed by atoms with Gasteiger partial charge in [0.1, 0.15) is 0 Å². The van der Waals surface area contributed by atoms with Gasteiger partial charge in [-0.2, -0.15) is 0 Å². The second-order valence-corrected chi connectivity index (χ2v) is 5.27. The third kappa shape index (κ3) is 5.38. The van der Waals surface area contributed by atoms with Gasteiger partial charge in [0.05, 0.1) is 5.60 Å². The van der Waals surface area contributed by atoms with Crippen molar-refractivity contribution in [3.05, 3.63) is 35.9 Å². The molecule has 3 N–H and O–H groups in total. The van der Waals surface area contributed by atoms with Crippen LogP contribution in [-0.4, -0.2) is 53.8 Å². The van der Waals surface area contributed by atoms with Crippen molar-refractivity contribution in [2.75, 3.05) is 27.2 Å². The number of aliphatic hydroxyl groups excluding tert-OH is 1. The molecule has 0 saturated heterocycles. The Labute approximate surface area is 113 Å². The number of rotatable bonds is 6. The Kier molecular flexibility index (Phi) is 5.47. The second-order valence-electron chi connectivity index (χ2n) is 5.27. The Bertz CT molecular complexity index is 404. The van der Waals surface area contributed by atoms with Crippen LogP contribution in [0.2, 0.25) is 0 Å². The van der Waals surface area contributed by atoms with Crippen molar-refractivity contribution in [3.63, 3.8) is 0 Å². The first kappa shape index (κ1) is 15.6. The van der Waals surface area contributed by atoms with Crippen LogP contribution < -0.4 is 5.32 Å². The minimum atomic E-state index is -1.21. The largest absolute Gasteiger partial charge is 0.387 e. The fraction of sp³-hybridized carbons (Fsp3) is 0.500. The zero-order chi connectivity index (χ0) is 14.5. The minimum absolute atomic E-state index is 0.0912. The first-order valence-electron chi connectivity index (χ1n) is 6.20. The molecule has 5 heteroatoms. The molecule has 0 fully saturated rings. The monoisotopic (exact) mass is 266 g/mol. The molecular weight excluding hydrogens is 244 g/mol. The van der Waals surface area contributed by atoms with Gasteiger partial charge in [0, 0.05) is 13.1 Å². The maximum absolute atomic E-state index is 11.8. The van der Waals surface area contributed by atoms with E-state index in [4.69, 9.17) is 0 Å². The maximum Gasteiger partial charge on any atom is 0.253 e. The summed E-state index contributed by atoms with van der Waals surface area (Å²) in [4.78, 5) is 13.6. The van der Waals surface area contributed by atoms with Crippen LogP contribution in [0.15, 0.2) is 30.3 Å². The van der Waals surface area contributed by atoms with E-state index in [1.807, 2.05) is 25.1 Å². The quantitative estimate of drug-likeness (QED) is 0.685. The van der Waals surface area contributed by atoms with Crippen LogP contribution in [0.25, 0.3) is 0 Å². The Morgan fingerprint density at radius 2 is 1.95 bits per heavy atom. The van der Waals surface area contributed by atoms with Crippen LogP contribution in [-0.2, 0) is 4.79 Å². The van der Waals surface area contributed by atoms with Crippen LogP contribution in [0, 0.1) is 0 Å². The van der Waals surface area contributed by atoms with Crippen LogP contribution >= 0.6 is 0 Å². The number of benzene rings is 1. The average Bonchev–Trinajstić information content (AvgIpc) is 2.34. The molecule has 1 amide bonds. The number of carbonyl (C=O) groups is 1. The number of amides is 1. The predicted molar refractivity (Wildman–Crippen MR) is 73.6 cm³/mol. The van der Waals surface area contributed by atoms with Gasteiger partial charge in [-0.05, 0) is 26.6 Å². The predicted octanol–water partition coefficient (Wildman–Crippen LogP) is 0.149. The van der Waals surface area contributed by atoms with E-state index in [1.54, 1.807) is 31.2 Å². The van der Waals surface area contributed by atoms with E-state index in [9.17, 15) is 15.0 Å². The van der Waals surface area contributed by atoms with Gasteiger partial charge in [0.15, 0.2) is 6.10 Å². The van der Waals surface area contributed by atoms with Crippen LogP contribution in [0.3, 0.4) is 0 Å². The SMILES string of the molecule is CN(C)CC(C)(O)CNC(=O)[C@@H](O)c1ccccc1. The van der Waals surface area contributed by atoms with E-state index in [0.717, 1.165) is 0 Å². The van der Waals surface area contributed by atoms with Gasteiger partial charge in [-0.1, -0.05) is 30.3 Å². The van der Waals surface area contributed by atoms with Crippen molar-refractivity contribution in [2.45, 2.75) is 18.6 Å². The maximum atomic E-state index is 11.8. The van der Waals surface area contributed by atoms with Gasteiger partial charge >= 0.3 is 0 Å². The highest BCUT2D eigenvalue weighted by Crippen LogP contribution is 2.12. The van der Waals surface area contributed by atoms with Crippen molar-refractivity contribution >= 4 is 5.91 Å². The van der Waals surface area contributed by atoms with E-state index >= 15 is 0 Å². The second kappa shape index (κ2) is 6.65. The fourth-order valence-corrected chi connectivity index (χ4v) is 1.90. The molecule has 0 bridgehead atoms. The molecule has 0 heterocycles. The number of hydrogen-bond acceptors (Lipinski definition) is 4. The van der Waals surface area contributed by atoms with E-state index in [-0.39, 0.29) is 6.54 Å². The smallest absolute Gasteiger partial charge is 0.253 e. The lowest BCUT2D eigenvalue weighted by atomic mass is 10.1. The van der Waals surface area contributed by atoms with Crippen molar-refractivity contribution in [2.24, 2.45) is 0 Å². The van der Waals surface area contributed by atoms with E-state index in [1.165, 1.54) is 0 Å². The highest BCUT2D eigenvalue weighted by atomic mass is 16.3. The van der Waals surface area contributed by atoms with Crippen LogP contribution in [0.1, 0.15) is 18.6 Å². The molecule has 0 saturated carbocycles. The highest BCUT2D eigenvalue weighted by molar-refractivity contribution is 5.81. The molecule has 0 spiro atoms. The van der Waals surface area contributed by atoms with Gasteiger partial charge < -0.3 is 20.4 Å². The fourth-order valence-electron chi connectivity index (χ4n) is 1.90. The Morgan fingerprint density at radius 3 is 2.47 bits per heavy atom. The van der Waals surface area contributed by atoms with Crippen LogP contribution in [0.4, 0.5) is 0 Å². The van der Waals surface area contributed by atoms with Crippen molar-refractivity contribution < 1.29 is 15.0 Å². The molecule has 1 unspecified atom stereocenters. The topological polar surface area (TPSA) is 72.8 Å². The lowest BCUT2D eigenvalue weighted by Gasteiger charge is -2.27. The zero-order valence-electron chi connectivity index (χ0n) is 11.6. The van der Waals surface area contributed by atoms with Gasteiger partial charge in [0.2, 0.25) is 0 Å². The van der Waals surface area contributed by atoms with Gasteiger partial charge in [-0.25, -0.2) is 0 Å². The average molecular weight is 266 g/mol. The van der Waals surface area contributed by atoms with E-state index < -0.39 is 17.6 Å². The van der Waals surface area contributed by atoms with Gasteiger partial charge in [-0.3, -0.25) is 4.79 Å². The van der Waals surface area contributed by atoms with Crippen molar-refractivity contribution in [1.82, 2.24) is 10.2 Å². The number of carbonyl (C=O) groups excluding carboxylic acids is 1. The van der Waals surface area contributed by atoms with Crippen molar-refractivity contribution in [3.8, 4) is 0 Å². The lowest BCUT2D eigenvalue weighted by Crippen LogP contribution is -2.48. The van der Waals surface area contributed by atoms with E-state index in [0.29, 0.717) is 12.1 Å². The number of nitrogens with zero attached hydrogens (tertiary/aromatic N) is 1. The normalized spacial score (nSPS) is 15.9. The summed E-state index contributed by atoms with van der Waals surface area (Å²) in [6, 6.07) is 8.70. The van der Waals surface area contributed by atoms with Crippen LogP contribution in [0.5, 0.6) is 0 Å². The minimum Gasteiger partial charge on any atom is -0.387 e. The highest BCUT2D eigenvalue weighted by Gasteiger charge is 2.24. The molecule has 19 heavy (non-hydrogen) atoms. The molecule has 5 nitrogen and oxygen atoms in total. The molecule has 1 rings (SSSR count). The zero-order valence-corrected chi connectivity index (χ0v) is 11.6. The summed E-state index contributed by atoms with van der Waals surface area (Å²) < 4.78 is 0. The molecule has 1 aromatic carbocycles. The standard InChI is InChI=1S/C14H22N2O3/c1-14(19,10-16(2)3)9-15-13(18)12(17)11-7-5-4-6-8-11/h4-8,12,17,19H,9-10H2,1-3H3,(H,15,18)/t12-,14?/m0/s1. The number of aliphatic hydroxyl groups is 2. The first-order chi connectivity index (χ1) is 8.82. The third-order valence-electron chi connectivity index (χ3n) is 2.66. The summed E-state index contributed by atoms with van der Waals surface area (Å²) >= 11 is 0. The molecule has 2 atom stereocenters. The molecular formula is C14H22N2O3. The van der Waals surface area contributed by atoms with Crippen molar-refractivity contribution in [1.29, 1.82) is 0 Å². The molecule has 1 aromatic rings. The summed E-state index contributed by atoms with van der Waals surface area (Å²) in [7, 11) is 3.68. The Balaban J connectivity index is 2.52. The lowest BCUT2D eigenvalue weighted by molar-refractivity contribution is -0.130. The Morgan fingerprint density at radius 1 is 1.37 bits per heavy atom. The third-order valence-corrected chi connectivity index (χ3v) is 2.66. The summed E-state index contributed by atoms with van der Waals surface area (Å²) in [5.74, 6) is -0.509. The molecule has 0 aromatic heterocycles. The molecule has 0 radical (unpaired) electrons. The number of hydrogen-bond donors (Lipinski definition) is 3. The summed E-state index contributed by atoms with van der Waals surface area (Å²) in [5, 5.41) is 22.5. The molecule has 0 aliphatic heterocycles. The summed E-state index contributed by atoms with van der Waals surface area (Å²) in [5.41, 5.74) is -0.498. The van der Waals surface area contributed by atoms with E-state index in [2.05, 4.69) is 5.32 Å². The molecule has 106 valence electrons. The summed E-state index contributed by atoms with van der Waals surface area (Å²) in [6.07, 6.45) is -1.21. The first-order valence-corrected chi connectivity index (χ1v) is 6.20. The molecule has 0 aliphatic carbocycles.